The number of nitrogens with one attached hydrogen (secondary N) is 1. The molecule has 3 heterocycles. The Hall–Kier alpha value is -4.17. The van der Waals surface area contributed by atoms with Crippen LogP contribution in [0.2, 0.25) is 0 Å². The number of likely N-dealkylation sites (N-methyl/N-ethyl adjacent to an activating group) is 1. The molecular weight excluding hydrogens is 550 g/mol. The lowest BCUT2D eigenvalue weighted by molar-refractivity contribution is -0.137. The van der Waals surface area contributed by atoms with E-state index in [9.17, 15) is 27.6 Å². The minimum absolute atomic E-state index is 0.00120. The molecule has 42 heavy (non-hydrogen) atoms. The fraction of sp³-hybridized carbons (Fsp3) is 0.387. The van der Waals surface area contributed by atoms with Crippen LogP contribution in [0.25, 0.3) is 11.3 Å². The number of pyridine rings is 1. The predicted octanol–water partition coefficient (Wildman–Crippen LogP) is 5.15. The van der Waals surface area contributed by atoms with Gasteiger partial charge in [-0.15, -0.1) is 0 Å². The maximum Gasteiger partial charge on any atom is 0.416 e. The zero-order valence-electron chi connectivity index (χ0n) is 23.3. The van der Waals surface area contributed by atoms with Crippen molar-refractivity contribution in [3.63, 3.8) is 0 Å². The number of carbonyl (C=O) groups is 1. The number of ether oxygens (including phenoxy) is 1. The number of halogens is 4. The van der Waals surface area contributed by atoms with Gasteiger partial charge in [-0.2, -0.15) is 18.4 Å². The van der Waals surface area contributed by atoms with Crippen molar-refractivity contribution >= 4 is 11.6 Å². The largest absolute Gasteiger partial charge is 0.493 e. The van der Waals surface area contributed by atoms with Gasteiger partial charge in [0.1, 0.15) is 6.07 Å². The number of aromatic nitrogens is 1. The van der Waals surface area contributed by atoms with Crippen LogP contribution in [0.1, 0.15) is 36.0 Å². The van der Waals surface area contributed by atoms with Crippen molar-refractivity contribution in [2.24, 2.45) is 0 Å². The molecule has 0 spiro atoms. The summed E-state index contributed by atoms with van der Waals surface area (Å²) in [6.07, 6.45) is -1.37. The van der Waals surface area contributed by atoms with E-state index >= 15 is 0 Å². The van der Waals surface area contributed by atoms with Crippen molar-refractivity contribution in [1.29, 1.82) is 5.26 Å². The molecule has 2 aromatic carbocycles. The molecule has 2 aliphatic heterocycles. The monoisotopic (exact) mass is 581 g/mol. The highest BCUT2D eigenvalue weighted by Crippen LogP contribution is 2.40. The first-order valence-corrected chi connectivity index (χ1v) is 13.7. The van der Waals surface area contributed by atoms with Crippen LogP contribution in [0, 0.1) is 17.1 Å². The maximum atomic E-state index is 14.3. The summed E-state index contributed by atoms with van der Waals surface area (Å²) >= 11 is 0. The average molecular weight is 582 g/mol. The molecule has 1 atom stereocenters. The summed E-state index contributed by atoms with van der Waals surface area (Å²) in [6.45, 7) is 2.30. The second kappa shape index (κ2) is 11.6. The quantitative estimate of drug-likeness (QED) is 0.406. The third-order valence-corrected chi connectivity index (χ3v) is 8.33. The van der Waals surface area contributed by atoms with Crippen LogP contribution in [0.3, 0.4) is 0 Å². The summed E-state index contributed by atoms with van der Waals surface area (Å²) in [6, 6.07) is 13.2. The van der Waals surface area contributed by atoms with Crippen molar-refractivity contribution in [1.82, 2.24) is 15.2 Å². The van der Waals surface area contributed by atoms with Crippen LogP contribution < -0.4 is 15.0 Å². The van der Waals surface area contributed by atoms with Gasteiger partial charge in [0.2, 0.25) is 5.91 Å². The minimum Gasteiger partial charge on any atom is -0.493 e. The van der Waals surface area contributed by atoms with Gasteiger partial charge < -0.3 is 19.9 Å². The number of hydrogen-bond donors (Lipinski definition) is 1. The van der Waals surface area contributed by atoms with Gasteiger partial charge in [0.25, 0.3) is 0 Å². The highest BCUT2D eigenvalue weighted by Gasteiger charge is 2.44. The van der Waals surface area contributed by atoms with Crippen LogP contribution >= 0.6 is 0 Å². The molecule has 2 fully saturated rings. The first-order valence-electron chi connectivity index (χ1n) is 13.7. The number of amides is 1. The lowest BCUT2D eigenvalue weighted by Crippen LogP contribution is -2.54. The van der Waals surface area contributed by atoms with Crippen LogP contribution in [-0.4, -0.2) is 62.2 Å². The van der Waals surface area contributed by atoms with Gasteiger partial charge in [-0.1, -0.05) is 12.1 Å². The van der Waals surface area contributed by atoms with Gasteiger partial charge in [0, 0.05) is 37.4 Å². The molecule has 220 valence electrons. The molecular formula is C31H31F4N5O2. The summed E-state index contributed by atoms with van der Waals surface area (Å²) < 4.78 is 59.3. The molecule has 1 N–H and O–H groups in total. The number of hydrogen-bond acceptors (Lipinski definition) is 6. The summed E-state index contributed by atoms with van der Waals surface area (Å²) in [5, 5.41) is 12.8. The van der Waals surface area contributed by atoms with Gasteiger partial charge in [-0.3, -0.25) is 9.78 Å². The van der Waals surface area contributed by atoms with Crippen molar-refractivity contribution in [3.8, 4) is 23.1 Å². The van der Waals surface area contributed by atoms with Gasteiger partial charge in [-0.05, 0) is 74.8 Å². The van der Waals surface area contributed by atoms with Crippen molar-refractivity contribution in [2.45, 2.75) is 36.9 Å². The highest BCUT2D eigenvalue weighted by atomic mass is 19.4. The molecule has 2 aliphatic rings. The van der Waals surface area contributed by atoms with Gasteiger partial charge >= 0.3 is 6.18 Å². The number of rotatable bonds is 6. The molecule has 2 saturated heterocycles. The first-order chi connectivity index (χ1) is 20.1. The Morgan fingerprint density at radius 1 is 1.14 bits per heavy atom. The SMILES string of the molecule is COc1c(F)cccc1-c1ccc(C2(C(=O)N[C@H]3CCN(C)C3)CCN(c3ccc(C(F)(F)F)cc3C#N)CC2)cn1. The summed E-state index contributed by atoms with van der Waals surface area (Å²) in [5.41, 5.74) is 0.179. The topological polar surface area (TPSA) is 81.5 Å². The fourth-order valence-electron chi connectivity index (χ4n) is 5.98. The highest BCUT2D eigenvalue weighted by molar-refractivity contribution is 5.89. The molecule has 1 amide bonds. The lowest BCUT2D eigenvalue weighted by atomic mass is 9.72. The van der Waals surface area contributed by atoms with E-state index in [0.717, 1.165) is 31.6 Å². The predicted molar refractivity (Wildman–Crippen MR) is 150 cm³/mol. The Labute approximate surface area is 241 Å². The van der Waals surface area contributed by atoms with E-state index in [0.29, 0.717) is 48.4 Å². The van der Waals surface area contributed by atoms with Gasteiger partial charge in [-0.25, -0.2) is 4.39 Å². The number of likely N-dealkylation sites (tertiary alicyclic amines) is 1. The van der Waals surface area contributed by atoms with Crippen molar-refractivity contribution < 1.29 is 27.1 Å². The number of nitrogens with zero attached hydrogens (tertiary/aromatic N) is 4. The van der Waals surface area contributed by atoms with E-state index in [4.69, 9.17) is 4.74 Å². The smallest absolute Gasteiger partial charge is 0.416 e. The normalized spacial score (nSPS) is 18.9. The minimum atomic E-state index is -4.55. The number of methoxy groups -OCH3 is 1. The Morgan fingerprint density at radius 2 is 1.90 bits per heavy atom. The molecule has 3 aromatic rings. The molecule has 0 bridgehead atoms. The number of piperidine rings is 1. The van der Waals surface area contributed by atoms with Gasteiger partial charge in [0.15, 0.2) is 11.6 Å². The molecule has 0 saturated carbocycles. The standard InChI is InChI=1S/C31H31F4N5O2/c1-39-13-10-23(19-39)38-29(41)30(22-6-8-26(37-18-22)24-4-3-5-25(32)28(24)42-2)11-14-40(15-12-30)27-9-7-21(31(33,34)35)16-20(27)17-36/h3-9,16,18,23H,10-15,19H2,1-2H3,(H,38,41)/t23-/m0/s1. The Morgan fingerprint density at radius 3 is 2.50 bits per heavy atom. The number of anilines is 1. The van der Waals surface area contributed by atoms with Crippen LogP contribution in [-0.2, 0) is 16.4 Å². The van der Waals surface area contributed by atoms with E-state index in [-0.39, 0.29) is 23.3 Å². The Bertz CT molecular complexity index is 1490. The van der Waals surface area contributed by atoms with E-state index in [1.807, 2.05) is 24.1 Å². The molecule has 11 heteroatoms. The van der Waals surface area contributed by atoms with E-state index in [2.05, 4.69) is 15.2 Å². The molecule has 5 rings (SSSR count). The summed E-state index contributed by atoms with van der Waals surface area (Å²) in [5.74, 6) is -0.562. The lowest BCUT2D eigenvalue weighted by Gasteiger charge is -2.42. The summed E-state index contributed by atoms with van der Waals surface area (Å²) in [7, 11) is 3.39. The Kier molecular flexibility index (Phi) is 8.10. The number of alkyl halides is 3. The molecule has 0 aliphatic carbocycles. The second-order valence-corrected chi connectivity index (χ2v) is 10.9. The van der Waals surface area contributed by atoms with Crippen LogP contribution in [0.15, 0.2) is 54.7 Å². The molecule has 0 radical (unpaired) electrons. The second-order valence-electron chi connectivity index (χ2n) is 10.9. The first kappa shape index (κ1) is 29.3. The number of para-hydroxylation sites is 1. The zero-order chi connectivity index (χ0) is 30.1. The number of nitriles is 1. The number of benzene rings is 2. The van der Waals surface area contributed by atoms with Crippen LogP contribution in [0.4, 0.5) is 23.2 Å². The van der Waals surface area contributed by atoms with Crippen molar-refractivity contribution in [2.75, 3.05) is 45.2 Å². The zero-order valence-corrected chi connectivity index (χ0v) is 23.3. The van der Waals surface area contributed by atoms with Gasteiger partial charge in [0.05, 0.1) is 35.0 Å². The fourth-order valence-corrected chi connectivity index (χ4v) is 5.98. The summed E-state index contributed by atoms with van der Waals surface area (Å²) in [4.78, 5) is 22.6. The third kappa shape index (κ3) is 5.63. The molecule has 1 aromatic heterocycles. The number of carbonyl (C=O) groups excluding carboxylic acids is 1. The maximum absolute atomic E-state index is 14.3. The third-order valence-electron chi connectivity index (χ3n) is 8.33. The molecule has 0 unspecified atom stereocenters. The van der Waals surface area contributed by atoms with Crippen LogP contribution in [0.5, 0.6) is 5.75 Å². The average Bonchev–Trinajstić information content (AvgIpc) is 3.40. The van der Waals surface area contributed by atoms with E-state index < -0.39 is 23.0 Å². The Balaban J connectivity index is 1.45. The van der Waals surface area contributed by atoms with E-state index in [1.165, 1.54) is 19.2 Å². The van der Waals surface area contributed by atoms with Crippen molar-refractivity contribution in [3.05, 3.63) is 77.2 Å². The van der Waals surface area contributed by atoms with E-state index in [1.54, 1.807) is 24.4 Å². The molecule has 7 nitrogen and oxygen atoms in total.